The van der Waals surface area contributed by atoms with E-state index >= 15 is 0 Å². The normalized spacial score (nSPS) is 17.2. The highest BCUT2D eigenvalue weighted by atomic mass is 32.2. The van der Waals surface area contributed by atoms with Gasteiger partial charge in [0.25, 0.3) is 0 Å². The molecule has 0 aliphatic carbocycles. The van der Waals surface area contributed by atoms with Crippen molar-refractivity contribution in [3.8, 4) is 0 Å². The summed E-state index contributed by atoms with van der Waals surface area (Å²) in [7, 11) is 0. The lowest BCUT2D eigenvalue weighted by Gasteiger charge is -2.27. The number of carbonyl (C=O) groups is 2. The highest BCUT2D eigenvalue weighted by Crippen LogP contribution is 2.44. The van der Waals surface area contributed by atoms with E-state index in [4.69, 9.17) is 0 Å². The third kappa shape index (κ3) is 3.17. The highest BCUT2D eigenvalue weighted by Gasteiger charge is 2.35. The van der Waals surface area contributed by atoms with Crippen LogP contribution in [0.1, 0.15) is 29.8 Å². The molecule has 2 aromatic carbocycles. The van der Waals surface area contributed by atoms with Crippen LogP contribution >= 0.6 is 11.8 Å². The smallest absolute Gasteiger partial charge is 0.238 e. The average Bonchev–Trinajstić information content (AvgIpc) is 2.97. The molecule has 1 saturated heterocycles. The fraction of sp³-hybridized carbons (Fsp3) is 0.263. The van der Waals surface area contributed by atoms with Gasteiger partial charge in [0.1, 0.15) is 5.37 Å². The number of thioether (sulfide) groups is 1. The van der Waals surface area contributed by atoms with Gasteiger partial charge in [-0.3, -0.25) is 14.5 Å². The minimum Gasteiger partial charge on any atom is -0.326 e. The zero-order chi connectivity index (χ0) is 17.1. The monoisotopic (exact) mass is 340 g/mol. The fourth-order valence-corrected chi connectivity index (χ4v) is 4.02. The van der Waals surface area contributed by atoms with Crippen LogP contribution in [0.5, 0.6) is 0 Å². The number of carbonyl (C=O) groups excluding carboxylic acids is 2. The van der Waals surface area contributed by atoms with Crippen molar-refractivity contribution >= 4 is 35.0 Å². The van der Waals surface area contributed by atoms with Crippen LogP contribution in [-0.2, 0) is 9.59 Å². The van der Waals surface area contributed by atoms with E-state index in [9.17, 15) is 9.59 Å². The van der Waals surface area contributed by atoms with Crippen LogP contribution in [0.4, 0.5) is 11.4 Å². The van der Waals surface area contributed by atoms with Crippen molar-refractivity contribution in [2.24, 2.45) is 0 Å². The fourth-order valence-electron chi connectivity index (χ4n) is 2.81. The molecule has 0 saturated carbocycles. The predicted molar refractivity (Wildman–Crippen MR) is 99.2 cm³/mol. The first-order valence-electron chi connectivity index (χ1n) is 8.00. The highest BCUT2D eigenvalue weighted by molar-refractivity contribution is 8.00. The number of hydrogen-bond donors (Lipinski definition) is 1. The van der Waals surface area contributed by atoms with Crippen molar-refractivity contribution in [3.63, 3.8) is 0 Å². The van der Waals surface area contributed by atoms with Gasteiger partial charge < -0.3 is 5.32 Å². The molecule has 1 atom stereocenters. The average molecular weight is 340 g/mol. The molecule has 0 radical (unpaired) electrons. The van der Waals surface area contributed by atoms with Crippen LogP contribution in [0.2, 0.25) is 0 Å². The van der Waals surface area contributed by atoms with Crippen molar-refractivity contribution in [1.82, 2.24) is 0 Å². The van der Waals surface area contributed by atoms with Crippen LogP contribution in [0, 0.1) is 6.92 Å². The summed E-state index contributed by atoms with van der Waals surface area (Å²) in [5.74, 6) is 0.504. The van der Waals surface area contributed by atoms with Gasteiger partial charge in [0, 0.05) is 23.4 Å². The van der Waals surface area contributed by atoms with Gasteiger partial charge in [-0.15, -0.1) is 11.8 Å². The second-order valence-electron chi connectivity index (χ2n) is 5.70. The zero-order valence-corrected chi connectivity index (χ0v) is 14.6. The molecular formula is C19H20N2O2S. The number of rotatable bonds is 4. The zero-order valence-electron chi connectivity index (χ0n) is 13.8. The van der Waals surface area contributed by atoms with Gasteiger partial charge in [-0.2, -0.15) is 0 Å². The molecule has 124 valence electrons. The first-order valence-corrected chi connectivity index (χ1v) is 9.04. The van der Waals surface area contributed by atoms with Gasteiger partial charge >= 0.3 is 0 Å². The Kier molecular flexibility index (Phi) is 4.90. The van der Waals surface area contributed by atoms with Gasteiger partial charge in [0.15, 0.2) is 0 Å². The lowest BCUT2D eigenvalue weighted by molar-refractivity contribution is -0.116. The summed E-state index contributed by atoms with van der Waals surface area (Å²) in [6.45, 7) is 3.83. The number of nitrogens with one attached hydrogen (secondary N) is 1. The van der Waals surface area contributed by atoms with Crippen molar-refractivity contribution in [3.05, 3.63) is 59.7 Å². The first kappa shape index (κ1) is 16.6. The maximum Gasteiger partial charge on any atom is 0.238 e. The molecule has 1 unspecified atom stereocenters. The number of nitrogens with zero attached hydrogens (tertiary/aromatic N) is 1. The van der Waals surface area contributed by atoms with E-state index in [1.807, 2.05) is 67.3 Å². The molecule has 1 N–H and O–H groups in total. The molecule has 4 nitrogen and oxygen atoms in total. The Hall–Kier alpha value is -2.27. The van der Waals surface area contributed by atoms with Crippen LogP contribution in [0.15, 0.2) is 48.5 Å². The Balaban J connectivity index is 2.01. The van der Waals surface area contributed by atoms with Crippen molar-refractivity contribution < 1.29 is 9.59 Å². The van der Waals surface area contributed by atoms with Crippen LogP contribution in [0.25, 0.3) is 0 Å². The minimum atomic E-state index is -0.132. The SMILES string of the molecule is CCC(=O)Nc1ccccc1C1SCC(=O)N1c1ccccc1C. The third-order valence-corrected chi connectivity index (χ3v) is 5.26. The number of amides is 2. The second kappa shape index (κ2) is 7.09. The lowest BCUT2D eigenvalue weighted by atomic mass is 10.1. The van der Waals surface area contributed by atoms with Gasteiger partial charge in [-0.1, -0.05) is 43.3 Å². The Bertz CT molecular complexity index is 775. The molecule has 5 heteroatoms. The first-order chi connectivity index (χ1) is 11.6. The predicted octanol–water partition coefficient (Wildman–Crippen LogP) is 4.12. The third-order valence-electron chi connectivity index (χ3n) is 4.06. The molecule has 0 spiro atoms. The Labute approximate surface area is 146 Å². The summed E-state index contributed by atoms with van der Waals surface area (Å²) in [5, 5.41) is 2.82. The molecule has 24 heavy (non-hydrogen) atoms. The van der Waals surface area contributed by atoms with E-state index in [2.05, 4.69) is 5.32 Å². The number of anilines is 2. The topological polar surface area (TPSA) is 49.4 Å². The lowest BCUT2D eigenvalue weighted by Crippen LogP contribution is -2.29. The molecule has 1 fully saturated rings. The van der Waals surface area contributed by atoms with E-state index in [0.717, 1.165) is 22.5 Å². The largest absolute Gasteiger partial charge is 0.326 e. The molecule has 1 heterocycles. The van der Waals surface area contributed by atoms with E-state index in [-0.39, 0.29) is 17.2 Å². The molecule has 3 rings (SSSR count). The molecule has 1 aliphatic heterocycles. The molecule has 0 aromatic heterocycles. The summed E-state index contributed by atoms with van der Waals surface area (Å²) in [6, 6.07) is 15.6. The van der Waals surface area contributed by atoms with E-state index in [1.54, 1.807) is 11.8 Å². The number of hydrogen-bond acceptors (Lipinski definition) is 3. The summed E-state index contributed by atoms with van der Waals surface area (Å²) in [5.41, 5.74) is 3.72. The maximum absolute atomic E-state index is 12.5. The molecular weight excluding hydrogens is 320 g/mol. The number of para-hydroxylation sites is 2. The summed E-state index contributed by atoms with van der Waals surface area (Å²) in [6.07, 6.45) is 0.423. The van der Waals surface area contributed by atoms with Crippen LogP contribution in [0.3, 0.4) is 0 Å². The Morgan fingerprint density at radius 3 is 2.67 bits per heavy atom. The standard InChI is InChI=1S/C19H20N2O2S/c1-3-17(22)20-15-10-6-5-9-14(15)19-21(18(23)12-24-19)16-11-7-4-8-13(16)2/h4-11,19H,3,12H2,1-2H3,(H,20,22). The Morgan fingerprint density at radius 2 is 1.92 bits per heavy atom. The summed E-state index contributed by atoms with van der Waals surface area (Å²) >= 11 is 1.59. The van der Waals surface area contributed by atoms with Gasteiger partial charge in [-0.25, -0.2) is 0 Å². The molecule has 0 bridgehead atoms. The van der Waals surface area contributed by atoms with E-state index in [0.29, 0.717) is 12.2 Å². The van der Waals surface area contributed by atoms with Crippen molar-refractivity contribution in [1.29, 1.82) is 0 Å². The second-order valence-corrected chi connectivity index (χ2v) is 6.77. The summed E-state index contributed by atoms with van der Waals surface area (Å²) < 4.78 is 0. The minimum absolute atomic E-state index is 0.0285. The van der Waals surface area contributed by atoms with Crippen molar-refractivity contribution in [2.45, 2.75) is 25.6 Å². The molecule has 2 amide bonds. The van der Waals surface area contributed by atoms with E-state index < -0.39 is 0 Å². The van der Waals surface area contributed by atoms with Gasteiger partial charge in [0.2, 0.25) is 11.8 Å². The Morgan fingerprint density at radius 1 is 1.21 bits per heavy atom. The number of benzene rings is 2. The molecule has 1 aliphatic rings. The molecule has 2 aromatic rings. The van der Waals surface area contributed by atoms with E-state index in [1.165, 1.54) is 0 Å². The van der Waals surface area contributed by atoms with Gasteiger partial charge in [0.05, 0.1) is 5.75 Å². The maximum atomic E-state index is 12.5. The number of aryl methyl sites for hydroxylation is 1. The van der Waals surface area contributed by atoms with Crippen LogP contribution in [-0.4, -0.2) is 17.6 Å². The van der Waals surface area contributed by atoms with Crippen LogP contribution < -0.4 is 10.2 Å². The van der Waals surface area contributed by atoms with Crippen molar-refractivity contribution in [2.75, 3.05) is 16.0 Å². The summed E-state index contributed by atoms with van der Waals surface area (Å²) in [4.78, 5) is 26.2. The quantitative estimate of drug-likeness (QED) is 0.911. The van der Waals surface area contributed by atoms with Gasteiger partial charge in [-0.05, 0) is 24.6 Å².